The fraction of sp³-hybridized carbons (Fsp3) is 0.167. The van der Waals surface area contributed by atoms with E-state index in [4.69, 9.17) is 8.94 Å². The van der Waals surface area contributed by atoms with E-state index in [1.807, 2.05) is 42.5 Å². The monoisotopic (exact) mass is 327 g/mol. The van der Waals surface area contributed by atoms with Gasteiger partial charge < -0.3 is 8.94 Å². The van der Waals surface area contributed by atoms with E-state index in [2.05, 4.69) is 17.1 Å². The van der Waals surface area contributed by atoms with Crippen LogP contribution < -0.4 is 0 Å². The van der Waals surface area contributed by atoms with Crippen LogP contribution in [-0.4, -0.2) is 18.3 Å². The molecule has 1 aromatic heterocycles. The third-order valence-electron chi connectivity index (χ3n) is 3.31. The van der Waals surface area contributed by atoms with Crippen LogP contribution in [-0.2, 0) is 15.7 Å². The van der Waals surface area contributed by atoms with Crippen molar-refractivity contribution in [3.63, 3.8) is 0 Å². The number of rotatable bonds is 5. The number of hydrogen-bond donors (Lipinski definition) is 0. The van der Waals surface area contributed by atoms with Crippen LogP contribution in [0, 0.1) is 0 Å². The molecule has 0 amide bonds. The zero-order chi connectivity index (χ0) is 16.3. The molecule has 118 valence electrons. The van der Waals surface area contributed by atoms with Gasteiger partial charge in [0.05, 0.1) is 6.61 Å². The van der Waals surface area contributed by atoms with Crippen molar-refractivity contribution in [3.05, 3.63) is 66.6 Å². The van der Waals surface area contributed by atoms with E-state index in [1.165, 1.54) is 11.8 Å². The fourth-order valence-corrected chi connectivity index (χ4v) is 2.61. The Balaban J connectivity index is 1.75. The first kappa shape index (κ1) is 15.7. The summed E-state index contributed by atoms with van der Waals surface area (Å²) in [5.74, 6) is 0.533. The summed E-state index contributed by atoms with van der Waals surface area (Å²) in [5, 5.41) is 0. The predicted molar refractivity (Wildman–Crippen MR) is 91.6 cm³/mol. The molecule has 2 aromatic carbocycles. The summed E-state index contributed by atoms with van der Waals surface area (Å²) < 4.78 is 22.3. The second-order valence-corrected chi connectivity index (χ2v) is 8.38. The van der Waals surface area contributed by atoms with Crippen molar-refractivity contribution >= 4 is 7.37 Å². The van der Waals surface area contributed by atoms with E-state index in [-0.39, 0.29) is 6.61 Å². The molecule has 0 radical (unpaired) electrons. The molecule has 0 saturated carbocycles. The molecule has 5 heteroatoms. The Bertz CT molecular complexity index is 819. The topological polar surface area (TPSA) is 52.3 Å². The average Bonchev–Trinajstić information content (AvgIpc) is 3.02. The first-order chi connectivity index (χ1) is 11.0. The van der Waals surface area contributed by atoms with Gasteiger partial charge in [0.1, 0.15) is 12.0 Å². The van der Waals surface area contributed by atoms with Crippen LogP contribution >= 0.6 is 7.37 Å². The van der Waals surface area contributed by atoms with Gasteiger partial charge >= 0.3 is 0 Å². The van der Waals surface area contributed by atoms with Gasteiger partial charge in [-0.05, 0) is 23.3 Å². The zero-order valence-electron chi connectivity index (χ0n) is 13.1. The maximum Gasteiger partial charge on any atom is 0.226 e. The van der Waals surface area contributed by atoms with Crippen LogP contribution in [0.2, 0.25) is 0 Å². The summed E-state index contributed by atoms with van der Waals surface area (Å²) in [6.45, 7) is 3.35. The zero-order valence-corrected chi connectivity index (χ0v) is 14.0. The first-order valence-corrected chi connectivity index (χ1v) is 9.83. The molecule has 0 atom stereocenters. The van der Waals surface area contributed by atoms with Crippen molar-refractivity contribution in [2.24, 2.45) is 0 Å². The van der Waals surface area contributed by atoms with Crippen molar-refractivity contribution in [2.75, 3.05) is 13.3 Å². The largest absolute Gasteiger partial charge is 0.444 e. The fourth-order valence-electron chi connectivity index (χ4n) is 2.16. The Labute approximate surface area is 135 Å². The molecule has 1 heterocycles. The first-order valence-electron chi connectivity index (χ1n) is 7.31. The van der Waals surface area contributed by atoms with Gasteiger partial charge in [-0.1, -0.05) is 42.5 Å². The lowest BCUT2D eigenvalue weighted by Gasteiger charge is -2.05. The van der Waals surface area contributed by atoms with Crippen LogP contribution in [0.25, 0.3) is 22.6 Å². The minimum Gasteiger partial charge on any atom is -0.444 e. The Hall–Kier alpha value is -2.16. The number of nitrogens with zero attached hydrogens (tertiary/aromatic N) is 1. The lowest BCUT2D eigenvalue weighted by atomic mass is 10.0. The molecule has 0 fully saturated rings. The van der Waals surface area contributed by atoms with Gasteiger partial charge in [-0.15, -0.1) is 0 Å². The Morgan fingerprint density at radius 1 is 0.957 bits per heavy atom. The molecule has 23 heavy (non-hydrogen) atoms. The molecule has 4 nitrogen and oxygen atoms in total. The van der Waals surface area contributed by atoms with Crippen LogP contribution in [0.3, 0.4) is 0 Å². The molecule has 0 N–H and O–H groups in total. The third-order valence-corrected chi connectivity index (χ3v) is 4.06. The summed E-state index contributed by atoms with van der Waals surface area (Å²) in [7, 11) is -2.52. The normalized spacial score (nSPS) is 11.6. The molecule has 0 saturated heterocycles. The van der Waals surface area contributed by atoms with E-state index >= 15 is 0 Å². The summed E-state index contributed by atoms with van der Waals surface area (Å²) in [6, 6.07) is 18.2. The van der Waals surface area contributed by atoms with E-state index in [0.717, 1.165) is 11.1 Å². The van der Waals surface area contributed by atoms with Crippen LogP contribution in [0.5, 0.6) is 0 Å². The van der Waals surface area contributed by atoms with Gasteiger partial charge in [-0.25, -0.2) is 4.98 Å². The number of aromatic nitrogens is 1. The van der Waals surface area contributed by atoms with Crippen molar-refractivity contribution in [3.8, 4) is 22.6 Å². The standard InChI is InChI=1S/C18H18NO3P/c1-23(2,20)22-13-17-12-21-18(19-17)16-10-8-15(9-11-16)14-6-4-3-5-7-14/h3-12H,13H2,1-2H3. The van der Waals surface area contributed by atoms with E-state index < -0.39 is 7.37 Å². The highest BCUT2D eigenvalue weighted by Crippen LogP contribution is 2.38. The number of hydrogen-bond acceptors (Lipinski definition) is 4. The van der Waals surface area contributed by atoms with Crippen LogP contribution in [0.4, 0.5) is 0 Å². The Morgan fingerprint density at radius 3 is 2.22 bits per heavy atom. The summed E-state index contributed by atoms with van der Waals surface area (Å²) >= 11 is 0. The van der Waals surface area contributed by atoms with Gasteiger partial charge in [-0.3, -0.25) is 4.57 Å². The number of oxazole rings is 1. The molecule has 3 rings (SSSR count). The molecule has 0 spiro atoms. The SMILES string of the molecule is CP(C)(=O)OCc1coc(-c2ccc(-c3ccccc3)cc2)n1. The summed E-state index contributed by atoms with van der Waals surface area (Å²) in [6.07, 6.45) is 1.54. The van der Waals surface area contributed by atoms with Crippen molar-refractivity contribution in [1.29, 1.82) is 0 Å². The molecule has 3 aromatic rings. The minimum absolute atomic E-state index is 0.190. The maximum absolute atomic E-state index is 11.6. The lowest BCUT2D eigenvalue weighted by molar-refractivity contribution is 0.305. The highest BCUT2D eigenvalue weighted by Gasteiger charge is 2.11. The molecule has 0 bridgehead atoms. The summed E-state index contributed by atoms with van der Waals surface area (Å²) in [4.78, 5) is 4.37. The van der Waals surface area contributed by atoms with Gasteiger partial charge in [0.15, 0.2) is 7.37 Å². The lowest BCUT2D eigenvalue weighted by Crippen LogP contribution is -1.90. The molecule has 0 aliphatic carbocycles. The summed E-state index contributed by atoms with van der Waals surface area (Å²) in [5.41, 5.74) is 3.84. The van der Waals surface area contributed by atoms with Crippen LogP contribution in [0.15, 0.2) is 65.3 Å². The second kappa shape index (κ2) is 6.53. The van der Waals surface area contributed by atoms with Gasteiger partial charge in [-0.2, -0.15) is 0 Å². The quantitative estimate of drug-likeness (QED) is 0.614. The number of benzene rings is 2. The van der Waals surface area contributed by atoms with Gasteiger partial charge in [0, 0.05) is 18.9 Å². The molecule has 0 aliphatic heterocycles. The Kier molecular flexibility index (Phi) is 4.46. The van der Waals surface area contributed by atoms with E-state index in [9.17, 15) is 4.57 Å². The van der Waals surface area contributed by atoms with Crippen molar-refractivity contribution in [1.82, 2.24) is 4.98 Å². The van der Waals surface area contributed by atoms with Crippen molar-refractivity contribution < 1.29 is 13.5 Å². The van der Waals surface area contributed by atoms with Gasteiger partial charge in [0.25, 0.3) is 0 Å². The van der Waals surface area contributed by atoms with E-state index in [1.54, 1.807) is 13.3 Å². The maximum atomic E-state index is 11.6. The Morgan fingerprint density at radius 2 is 1.57 bits per heavy atom. The molecule has 0 unspecified atom stereocenters. The average molecular weight is 327 g/mol. The molecule has 0 aliphatic rings. The van der Waals surface area contributed by atoms with Crippen LogP contribution in [0.1, 0.15) is 5.69 Å². The minimum atomic E-state index is -2.52. The second-order valence-electron chi connectivity index (χ2n) is 5.61. The molecular formula is C18H18NO3P. The smallest absolute Gasteiger partial charge is 0.226 e. The predicted octanol–water partition coefficient (Wildman–Crippen LogP) is 5.06. The highest BCUT2D eigenvalue weighted by molar-refractivity contribution is 7.57. The third kappa shape index (κ3) is 4.19. The molecular weight excluding hydrogens is 309 g/mol. The van der Waals surface area contributed by atoms with Gasteiger partial charge in [0.2, 0.25) is 5.89 Å². The van der Waals surface area contributed by atoms with Crippen molar-refractivity contribution in [2.45, 2.75) is 6.61 Å². The highest BCUT2D eigenvalue weighted by atomic mass is 31.2. The van der Waals surface area contributed by atoms with E-state index in [0.29, 0.717) is 11.6 Å².